The summed E-state index contributed by atoms with van der Waals surface area (Å²) in [4.78, 5) is 6.83. The molecule has 0 atom stereocenters. The average molecular weight is 416 g/mol. The molecule has 32 heavy (non-hydrogen) atoms. The van der Waals surface area contributed by atoms with Gasteiger partial charge >= 0.3 is 0 Å². The summed E-state index contributed by atoms with van der Waals surface area (Å²) in [5, 5.41) is 20.1. The average Bonchev–Trinajstić information content (AvgIpc) is 3.37. The van der Waals surface area contributed by atoms with E-state index in [0.29, 0.717) is 54.9 Å². The van der Waals surface area contributed by atoms with Crippen molar-refractivity contribution in [1.29, 1.82) is 10.5 Å². The molecule has 0 aromatic heterocycles. The van der Waals surface area contributed by atoms with Gasteiger partial charge in [-0.15, -0.1) is 0 Å². The minimum atomic E-state index is -0.440. The Hall–Kier alpha value is -4.78. The predicted molar refractivity (Wildman–Crippen MR) is 113 cm³/mol. The summed E-state index contributed by atoms with van der Waals surface area (Å²) in [6, 6.07) is 13.0. The van der Waals surface area contributed by atoms with E-state index < -0.39 is 11.6 Å². The molecule has 4 nitrogen and oxygen atoms in total. The fourth-order valence-electron chi connectivity index (χ4n) is 4.90. The Bertz CT molecular complexity index is 1570. The molecule has 0 bridgehead atoms. The second-order valence-corrected chi connectivity index (χ2v) is 7.49. The Morgan fingerprint density at radius 1 is 0.719 bits per heavy atom. The van der Waals surface area contributed by atoms with E-state index in [9.17, 15) is 19.3 Å². The van der Waals surface area contributed by atoms with Gasteiger partial charge in [0.25, 0.3) is 11.4 Å². The number of fused-ring (bicyclic) bond motifs is 6. The van der Waals surface area contributed by atoms with Crippen molar-refractivity contribution in [3.05, 3.63) is 104 Å². The summed E-state index contributed by atoms with van der Waals surface area (Å²) in [6.07, 6.45) is 0.229. The van der Waals surface area contributed by atoms with E-state index in [1.807, 2.05) is 12.1 Å². The molecule has 0 saturated carbocycles. The van der Waals surface area contributed by atoms with Crippen molar-refractivity contribution in [2.24, 2.45) is 0 Å². The van der Waals surface area contributed by atoms with Gasteiger partial charge in [0.15, 0.2) is 0 Å². The lowest BCUT2D eigenvalue weighted by molar-refractivity contribution is 0.616. The molecule has 0 N–H and O–H groups in total. The van der Waals surface area contributed by atoms with Gasteiger partial charge < -0.3 is 0 Å². The topological polar surface area (TPSA) is 56.3 Å². The normalized spacial score (nSPS) is 11.7. The molecule has 5 rings (SSSR count). The Kier molecular flexibility index (Phi) is 4.13. The van der Waals surface area contributed by atoms with Gasteiger partial charge in [-0.1, -0.05) is 24.3 Å². The molecule has 3 aromatic carbocycles. The summed E-state index contributed by atoms with van der Waals surface area (Å²) in [5.41, 5.74) is 3.42. The summed E-state index contributed by atoms with van der Waals surface area (Å²) in [7, 11) is 0. The number of benzene rings is 3. The zero-order valence-corrected chi connectivity index (χ0v) is 16.4. The maximum absolute atomic E-state index is 14.7. The van der Waals surface area contributed by atoms with Gasteiger partial charge in [0, 0.05) is 18.1 Å². The van der Waals surface area contributed by atoms with Crippen molar-refractivity contribution in [3.63, 3.8) is 0 Å². The van der Waals surface area contributed by atoms with Gasteiger partial charge in [-0.2, -0.15) is 0 Å². The highest BCUT2D eigenvalue weighted by Crippen LogP contribution is 2.41. The van der Waals surface area contributed by atoms with E-state index >= 15 is 0 Å². The lowest BCUT2D eigenvalue weighted by atomic mass is 9.90. The Labute approximate surface area is 181 Å². The predicted octanol–water partition coefficient (Wildman–Crippen LogP) is 4.21. The minimum Gasteiger partial charge on any atom is -0.226 e. The van der Waals surface area contributed by atoms with Crippen molar-refractivity contribution >= 4 is 11.4 Å². The van der Waals surface area contributed by atoms with Gasteiger partial charge in [-0.3, -0.25) is 0 Å². The van der Waals surface area contributed by atoms with Crippen molar-refractivity contribution in [2.45, 2.75) is 12.8 Å². The van der Waals surface area contributed by atoms with Gasteiger partial charge in [0.1, 0.15) is 11.6 Å². The third-order valence-corrected chi connectivity index (χ3v) is 6.10. The van der Waals surface area contributed by atoms with Crippen LogP contribution in [0.4, 0.5) is 8.78 Å². The first-order valence-electron chi connectivity index (χ1n) is 9.62. The first kappa shape index (κ1) is 19.2. The molecule has 0 fully saturated rings. The molecule has 6 heteroatoms. The second-order valence-electron chi connectivity index (χ2n) is 7.49. The fraction of sp³-hybridized carbons (Fsp3) is 0.0769. The molecule has 0 amide bonds. The minimum absolute atomic E-state index is 0.114. The number of hydrogen-bond acceptors (Lipinski definition) is 2. The Morgan fingerprint density at radius 2 is 1.16 bits per heavy atom. The quantitative estimate of drug-likeness (QED) is 0.355. The van der Waals surface area contributed by atoms with Crippen molar-refractivity contribution in [1.82, 2.24) is 0 Å². The largest absolute Gasteiger partial charge is 0.270 e. The maximum atomic E-state index is 14.7. The molecule has 0 radical (unpaired) electrons. The third-order valence-electron chi connectivity index (χ3n) is 6.10. The first-order valence-corrected chi connectivity index (χ1v) is 9.62. The molecule has 0 unspecified atom stereocenters. The molecule has 0 saturated heterocycles. The molecular weight excluding hydrogens is 406 g/mol. The molecule has 2 aliphatic rings. The standard InChI is InChI=1S/C26H10F2N4/c1-31-21(11-29)23-17-9-15-13(5-3-7-19(15)27)24(17)26(22(12-30)32-2)25-14-6-4-8-20(28)16(14)10-18(23)25/h3-8H,9-10H2. The van der Waals surface area contributed by atoms with Gasteiger partial charge in [-0.25, -0.2) is 29.0 Å². The van der Waals surface area contributed by atoms with Crippen LogP contribution in [-0.4, -0.2) is 0 Å². The lowest BCUT2D eigenvalue weighted by Gasteiger charge is -2.13. The van der Waals surface area contributed by atoms with Crippen LogP contribution in [0, 0.1) is 47.4 Å². The van der Waals surface area contributed by atoms with Crippen LogP contribution >= 0.6 is 0 Å². The highest BCUT2D eigenvalue weighted by molar-refractivity contribution is 5.93. The molecular formula is C26H10F2N4. The Morgan fingerprint density at radius 3 is 1.56 bits per heavy atom. The van der Waals surface area contributed by atoms with E-state index in [1.165, 1.54) is 12.1 Å². The highest BCUT2D eigenvalue weighted by Gasteiger charge is 2.33. The van der Waals surface area contributed by atoms with Gasteiger partial charge in [-0.05, 0) is 61.9 Å². The zero-order chi connectivity index (χ0) is 22.6. The van der Waals surface area contributed by atoms with Crippen LogP contribution in [0.2, 0.25) is 0 Å². The van der Waals surface area contributed by atoms with Crippen LogP contribution in [0.1, 0.15) is 22.3 Å². The van der Waals surface area contributed by atoms with Crippen LogP contribution in [0.15, 0.2) is 36.4 Å². The number of nitriles is 2. The number of nitrogens with zero attached hydrogens (tertiary/aromatic N) is 4. The molecule has 3 aromatic rings. The van der Waals surface area contributed by atoms with E-state index in [-0.39, 0.29) is 24.2 Å². The fourth-order valence-corrected chi connectivity index (χ4v) is 4.90. The van der Waals surface area contributed by atoms with Crippen LogP contribution in [0.5, 0.6) is 0 Å². The van der Waals surface area contributed by atoms with Crippen LogP contribution in [0.3, 0.4) is 0 Å². The number of hydrogen-bond donors (Lipinski definition) is 0. The zero-order valence-electron chi connectivity index (χ0n) is 16.4. The number of rotatable bonds is 0. The van der Waals surface area contributed by atoms with Crippen LogP contribution in [-0.2, 0) is 12.8 Å². The van der Waals surface area contributed by atoms with E-state index in [1.54, 1.807) is 24.3 Å². The van der Waals surface area contributed by atoms with Gasteiger partial charge in [0.05, 0.1) is 25.3 Å². The molecule has 0 spiro atoms. The monoisotopic (exact) mass is 416 g/mol. The maximum Gasteiger partial charge on any atom is 0.270 e. The highest BCUT2D eigenvalue weighted by atomic mass is 19.1. The SMILES string of the molecule is [C-]#[N+]C(C#N)=c1c2c(c(=C(C#N)[N+]#[C-])c3c1Cc1c(F)cccc1-3)-c1cccc(F)c1C2. The smallest absolute Gasteiger partial charge is 0.226 e. The molecule has 148 valence electrons. The Balaban J connectivity index is 2.17. The van der Waals surface area contributed by atoms with Crippen molar-refractivity contribution in [3.8, 4) is 34.4 Å². The van der Waals surface area contributed by atoms with Crippen molar-refractivity contribution in [2.75, 3.05) is 0 Å². The van der Waals surface area contributed by atoms with Crippen LogP contribution in [0.25, 0.3) is 43.3 Å². The summed E-state index contributed by atoms with van der Waals surface area (Å²) >= 11 is 0. The summed E-state index contributed by atoms with van der Waals surface area (Å²) in [5.74, 6) is -0.880. The third kappa shape index (κ3) is 2.36. The second kappa shape index (κ2) is 6.88. The summed E-state index contributed by atoms with van der Waals surface area (Å²) < 4.78 is 29.4. The molecule has 2 aliphatic carbocycles. The first-order chi connectivity index (χ1) is 15.5. The number of halogens is 2. The summed E-state index contributed by atoms with van der Waals surface area (Å²) in [6.45, 7) is 15.1. The lowest BCUT2D eigenvalue weighted by Crippen LogP contribution is -2.25. The van der Waals surface area contributed by atoms with Crippen molar-refractivity contribution < 1.29 is 8.78 Å². The molecule has 0 aliphatic heterocycles. The van der Waals surface area contributed by atoms with Crippen LogP contribution < -0.4 is 10.4 Å². The van der Waals surface area contributed by atoms with E-state index in [2.05, 4.69) is 9.69 Å². The van der Waals surface area contributed by atoms with E-state index in [4.69, 9.17) is 13.1 Å². The van der Waals surface area contributed by atoms with E-state index in [0.717, 1.165) is 0 Å². The van der Waals surface area contributed by atoms with Gasteiger partial charge in [0.2, 0.25) is 0 Å². The molecule has 0 heterocycles.